The lowest BCUT2D eigenvalue weighted by atomic mass is 10.1. The van der Waals surface area contributed by atoms with Gasteiger partial charge in [0.2, 0.25) is 12.1 Å². The first-order valence-corrected chi connectivity index (χ1v) is 10.8. The van der Waals surface area contributed by atoms with E-state index in [9.17, 15) is 0 Å². The van der Waals surface area contributed by atoms with Crippen molar-refractivity contribution in [1.82, 2.24) is 10.2 Å². The molecule has 7 heteroatoms. The van der Waals surface area contributed by atoms with E-state index in [0.717, 1.165) is 17.9 Å². The van der Waals surface area contributed by atoms with Gasteiger partial charge in [0.05, 0.1) is 0 Å². The topological polar surface area (TPSA) is 68.0 Å². The van der Waals surface area contributed by atoms with E-state index in [1.807, 2.05) is 20.2 Å². The molecule has 2 N–H and O–H groups in total. The number of aromatic nitrogens is 2. The summed E-state index contributed by atoms with van der Waals surface area (Å²) in [6.45, 7) is 5.10. The Hall–Kier alpha value is -2.35. The van der Waals surface area contributed by atoms with Crippen molar-refractivity contribution in [1.29, 1.82) is 0 Å². The summed E-state index contributed by atoms with van der Waals surface area (Å²) < 4.78 is 12.1. The molecule has 0 amide bonds. The van der Waals surface area contributed by atoms with Gasteiger partial charge in [0.25, 0.3) is 5.22 Å². The van der Waals surface area contributed by atoms with Gasteiger partial charge in [0.15, 0.2) is 0 Å². The monoisotopic (exact) mass is 411 g/mol. The van der Waals surface area contributed by atoms with Gasteiger partial charge in [-0.1, -0.05) is 17.8 Å². The van der Waals surface area contributed by atoms with Crippen molar-refractivity contribution in [2.45, 2.75) is 31.4 Å². The Kier molecular flexibility index (Phi) is 5.89. The third-order valence-corrected chi connectivity index (χ3v) is 6.19. The summed E-state index contributed by atoms with van der Waals surface area (Å²) in [5.41, 5.74) is 5.81. The Morgan fingerprint density at radius 3 is 2.59 bits per heavy atom. The molecule has 1 fully saturated rings. The minimum absolute atomic E-state index is 0.0468. The lowest BCUT2D eigenvalue weighted by molar-refractivity contribution is -0.697. The van der Waals surface area contributed by atoms with Gasteiger partial charge >= 0.3 is 0 Å². The molecule has 0 unspecified atom stereocenters. The molecule has 152 valence electrons. The molecule has 4 rings (SSSR count). The second-order valence-corrected chi connectivity index (χ2v) is 8.59. The number of nitrogens with two attached hydrogens (primary N) is 1. The molecular weight excluding hydrogens is 384 g/mol. The zero-order chi connectivity index (χ0) is 20.4. The second kappa shape index (κ2) is 8.57. The fraction of sp³-hybridized carbons (Fsp3) is 0.364. The van der Waals surface area contributed by atoms with E-state index in [1.165, 1.54) is 22.4 Å². The molecule has 0 spiro atoms. The van der Waals surface area contributed by atoms with Crippen LogP contribution >= 0.6 is 11.8 Å². The predicted octanol–water partition coefficient (Wildman–Crippen LogP) is 3.17. The number of anilines is 1. The van der Waals surface area contributed by atoms with Gasteiger partial charge in [-0.25, -0.2) is 0 Å². The zero-order valence-electron chi connectivity index (χ0n) is 17.3. The molecule has 3 aromatic rings. The van der Waals surface area contributed by atoms with Crippen molar-refractivity contribution in [3.05, 3.63) is 59.2 Å². The number of aryl methyl sites for hydroxylation is 2. The molecule has 1 aromatic heterocycles. The lowest BCUT2D eigenvalue weighted by Crippen LogP contribution is -2.82. The quantitative estimate of drug-likeness (QED) is 0.629. The first-order valence-electron chi connectivity index (χ1n) is 9.79. The minimum Gasteiger partial charge on any atom is -0.411 e. The van der Waals surface area contributed by atoms with Gasteiger partial charge in [0, 0.05) is 36.7 Å². The highest BCUT2D eigenvalue weighted by Crippen LogP contribution is 2.27. The third-order valence-electron chi connectivity index (χ3n) is 5.24. The number of hydrogen-bond acceptors (Lipinski definition) is 6. The molecule has 0 saturated carbocycles. The van der Waals surface area contributed by atoms with Crippen LogP contribution < -0.4 is 10.2 Å². The van der Waals surface area contributed by atoms with Gasteiger partial charge in [0.1, 0.15) is 12.6 Å². The highest BCUT2D eigenvalue weighted by atomic mass is 32.2. The lowest BCUT2D eigenvalue weighted by Gasteiger charge is -2.14. The van der Waals surface area contributed by atoms with Crippen molar-refractivity contribution in [3.8, 4) is 11.5 Å². The van der Waals surface area contributed by atoms with E-state index in [2.05, 4.69) is 70.7 Å². The second-order valence-electron chi connectivity index (χ2n) is 7.62. The van der Waals surface area contributed by atoms with Crippen LogP contribution in [0.3, 0.4) is 0 Å². The van der Waals surface area contributed by atoms with Crippen molar-refractivity contribution >= 4 is 17.4 Å². The molecule has 1 aliphatic heterocycles. The van der Waals surface area contributed by atoms with Crippen LogP contribution in [0.15, 0.2) is 52.1 Å². The van der Waals surface area contributed by atoms with E-state index in [4.69, 9.17) is 9.15 Å². The van der Waals surface area contributed by atoms with Crippen molar-refractivity contribution < 1.29 is 14.5 Å². The van der Waals surface area contributed by atoms with Crippen LogP contribution in [0, 0.1) is 13.8 Å². The SMILES string of the molecule is Cc1ccc(-c2nnc(SC[C@@H]3C[NH2+][C@H](c4ccc(N(C)C)cc4)O3)o2)cc1C. The molecular formula is C22H27N4O2S+. The van der Waals surface area contributed by atoms with Gasteiger partial charge in [-0.3, -0.25) is 0 Å². The number of nitrogens with zero attached hydrogens (tertiary/aromatic N) is 3. The molecule has 2 atom stereocenters. The molecule has 1 aliphatic rings. The van der Waals surface area contributed by atoms with Gasteiger partial charge in [-0.05, 0) is 61.4 Å². The first kappa shape index (κ1) is 19.9. The Morgan fingerprint density at radius 1 is 1.07 bits per heavy atom. The molecule has 2 heterocycles. The molecule has 1 saturated heterocycles. The van der Waals surface area contributed by atoms with E-state index >= 15 is 0 Å². The van der Waals surface area contributed by atoms with Crippen LogP contribution in [0.4, 0.5) is 5.69 Å². The Balaban J connectivity index is 1.32. The maximum atomic E-state index is 6.21. The maximum Gasteiger partial charge on any atom is 0.276 e. The summed E-state index contributed by atoms with van der Waals surface area (Å²) in [6, 6.07) is 14.7. The predicted molar refractivity (Wildman–Crippen MR) is 115 cm³/mol. The Bertz CT molecular complexity index is 971. The van der Waals surface area contributed by atoms with E-state index in [-0.39, 0.29) is 12.3 Å². The molecule has 2 aromatic carbocycles. The maximum absolute atomic E-state index is 6.21. The smallest absolute Gasteiger partial charge is 0.276 e. The third kappa shape index (κ3) is 4.63. The van der Waals surface area contributed by atoms with Crippen LogP contribution in [0.1, 0.15) is 22.9 Å². The summed E-state index contributed by atoms with van der Waals surface area (Å²) >= 11 is 1.55. The highest BCUT2D eigenvalue weighted by Gasteiger charge is 2.30. The summed E-state index contributed by atoms with van der Waals surface area (Å²) in [6.07, 6.45) is 0.195. The number of benzene rings is 2. The minimum atomic E-state index is 0.0468. The van der Waals surface area contributed by atoms with Crippen LogP contribution in [0.25, 0.3) is 11.5 Å². The molecule has 0 aliphatic carbocycles. The number of hydrogen-bond donors (Lipinski definition) is 1. The van der Waals surface area contributed by atoms with Gasteiger partial charge in [-0.15, -0.1) is 10.2 Å². The number of quaternary nitrogens is 1. The number of rotatable bonds is 6. The summed E-state index contributed by atoms with van der Waals surface area (Å²) in [5, 5.41) is 11.2. The summed E-state index contributed by atoms with van der Waals surface area (Å²) in [7, 11) is 4.09. The van der Waals surface area contributed by atoms with Crippen molar-refractivity contribution in [3.63, 3.8) is 0 Å². The fourth-order valence-electron chi connectivity index (χ4n) is 3.30. The standard InChI is InChI=1S/C22H26N4O2S/c1-14-5-6-17(11-15(14)2)21-24-25-22(28-21)29-13-19-12-23-20(27-19)16-7-9-18(10-8-16)26(3)4/h5-11,19-20,23H,12-13H2,1-4H3/p+1/t19-,20-/m0/s1. The summed E-state index contributed by atoms with van der Waals surface area (Å²) in [5.74, 6) is 1.35. The van der Waals surface area contributed by atoms with Crippen molar-refractivity contribution in [2.24, 2.45) is 0 Å². The largest absolute Gasteiger partial charge is 0.411 e. The number of thioether (sulfide) groups is 1. The van der Waals surface area contributed by atoms with E-state index in [1.54, 1.807) is 11.8 Å². The highest BCUT2D eigenvalue weighted by molar-refractivity contribution is 7.99. The van der Waals surface area contributed by atoms with Crippen LogP contribution in [-0.4, -0.2) is 42.7 Å². The Labute approximate surface area is 175 Å². The first-order chi connectivity index (χ1) is 14.0. The summed E-state index contributed by atoms with van der Waals surface area (Å²) in [4.78, 5) is 2.10. The van der Waals surface area contributed by atoms with Crippen LogP contribution in [0.2, 0.25) is 0 Å². The molecule has 0 bridgehead atoms. The Morgan fingerprint density at radius 2 is 1.86 bits per heavy atom. The average Bonchev–Trinajstić information content (AvgIpc) is 3.38. The fourth-order valence-corrected chi connectivity index (χ4v) is 4.08. The average molecular weight is 412 g/mol. The molecule has 6 nitrogen and oxygen atoms in total. The van der Waals surface area contributed by atoms with Crippen LogP contribution in [0.5, 0.6) is 0 Å². The normalized spacial score (nSPS) is 18.9. The zero-order valence-corrected chi connectivity index (χ0v) is 18.1. The van der Waals surface area contributed by atoms with Gasteiger partial charge < -0.3 is 19.4 Å². The number of ether oxygens (including phenoxy) is 1. The van der Waals surface area contributed by atoms with E-state index < -0.39 is 0 Å². The van der Waals surface area contributed by atoms with Crippen molar-refractivity contribution in [2.75, 3.05) is 31.3 Å². The van der Waals surface area contributed by atoms with E-state index in [0.29, 0.717) is 11.1 Å². The van der Waals surface area contributed by atoms with Crippen LogP contribution in [-0.2, 0) is 4.74 Å². The molecule has 0 radical (unpaired) electrons. The van der Waals surface area contributed by atoms with Gasteiger partial charge in [-0.2, -0.15) is 0 Å². The molecule has 29 heavy (non-hydrogen) atoms.